The standard InChI is InChI=1S/C38H50O5/c1-24(2)14-13-21-36(9)28(19-17-25(3)4)22-37-23-30(35(7,8)42)43-33(37)29(20-18-26(5)6)32(40)38(36,34(37)41)31(39)27-15-11-10-12-16-27/h10-12,14-18,28,30,42H,13,19-23H2,1-9H3/t28-,30+,36+,37-,38-/m0/s1. The number of carbonyl (C=O) groups is 3. The number of carbonyl (C=O) groups excluding carboxylic acids is 3. The van der Waals surface area contributed by atoms with Gasteiger partial charge in [-0.2, -0.15) is 0 Å². The number of hydrogen-bond acceptors (Lipinski definition) is 5. The van der Waals surface area contributed by atoms with E-state index >= 15 is 14.4 Å². The van der Waals surface area contributed by atoms with Gasteiger partial charge in [0.15, 0.2) is 22.8 Å². The number of benzene rings is 1. The third kappa shape index (κ3) is 5.43. The molecule has 2 aliphatic carbocycles. The van der Waals surface area contributed by atoms with Gasteiger partial charge in [-0.3, -0.25) is 14.4 Å². The van der Waals surface area contributed by atoms with E-state index < -0.39 is 39.5 Å². The smallest absolute Gasteiger partial charge is 0.184 e. The van der Waals surface area contributed by atoms with Crippen LogP contribution in [0.1, 0.15) is 111 Å². The van der Waals surface area contributed by atoms with E-state index in [2.05, 4.69) is 26.0 Å². The summed E-state index contributed by atoms with van der Waals surface area (Å²) in [5.41, 5.74) is -1.14. The Labute approximate surface area is 258 Å². The molecule has 5 atom stereocenters. The number of fused-ring (bicyclic) bond motifs is 1. The largest absolute Gasteiger partial charge is 0.490 e. The van der Waals surface area contributed by atoms with Gasteiger partial charge in [0, 0.05) is 17.6 Å². The number of rotatable bonds is 10. The Balaban J connectivity index is 2.11. The van der Waals surface area contributed by atoms with Crippen LogP contribution in [0, 0.1) is 22.2 Å². The molecule has 1 aromatic rings. The molecule has 1 aliphatic heterocycles. The van der Waals surface area contributed by atoms with Gasteiger partial charge in [-0.05, 0) is 98.8 Å². The summed E-state index contributed by atoms with van der Waals surface area (Å²) in [7, 11) is 0. The Morgan fingerprint density at radius 3 is 2.12 bits per heavy atom. The van der Waals surface area contributed by atoms with Gasteiger partial charge in [-0.25, -0.2) is 0 Å². The molecule has 3 aliphatic rings. The van der Waals surface area contributed by atoms with Crippen molar-refractivity contribution < 1.29 is 24.2 Å². The minimum absolute atomic E-state index is 0.147. The first-order valence-electron chi connectivity index (χ1n) is 15.7. The van der Waals surface area contributed by atoms with Gasteiger partial charge in [0.05, 0.1) is 11.0 Å². The predicted octanol–water partition coefficient (Wildman–Crippen LogP) is 8.29. The van der Waals surface area contributed by atoms with E-state index in [4.69, 9.17) is 4.74 Å². The zero-order chi connectivity index (χ0) is 32.0. The van der Waals surface area contributed by atoms with Crippen LogP contribution in [-0.4, -0.2) is 34.2 Å². The van der Waals surface area contributed by atoms with Crippen LogP contribution in [0.3, 0.4) is 0 Å². The van der Waals surface area contributed by atoms with Crippen LogP contribution in [0.2, 0.25) is 0 Å². The van der Waals surface area contributed by atoms with Gasteiger partial charge in [0.25, 0.3) is 0 Å². The molecule has 1 saturated heterocycles. The fraction of sp³-hybridized carbons (Fsp3) is 0.553. The molecule has 0 aromatic heterocycles. The van der Waals surface area contributed by atoms with Crippen LogP contribution in [0.5, 0.6) is 0 Å². The summed E-state index contributed by atoms with van der Waals surface area (Å²) in [6.07, 6.45) is 8.42. The van der Waals surface area contributed by atoms with Crippen molar-refractivity contribution in [2.24, 2.45) is 22.2 Å². The highest BCUT2D eigenvalue weighted by atomic mass is 16.5. The van der Waals surface area contributed by atoms with E-state index in [0.29, 0.717) is 42.6 Å². The zero-order valence-electron chi connectivity index (χ0n) is 27.6. The van der Waals surface area contributed by atoms with Crippen molar-refractivity contribution in [2.45, 2.75) is 113 Å². The van der Waals surface area contributed by atoms with E-state index in [1.165, 1.54) is 0 Å². The number of ether oxygens (including phenoxy) is 1. The second-order valence-corrected chi connectivity index (χ2v) is 14.6. The lowest BCUT2D eigenvalue weighted by Crippen LogP contribution is -2.70. The Kier molecular flexibility index (Phi) is 9.02. The monoisotopic (exact) mass is 586 g/mol. The highest BCUT2D eigenvalue weighted by molar-refractivity contribution is 6.36. The maximum absolute atomic E-state index is 15.4. The lowest BCUT2D eigenvalue weighted by atomic mass is 9.38. The first-order valence-corrected chi connectivity index (χ1v) is 15.7. The third-order valence-corrected chi connectivity index (χ3v) is 10.2. The molecule has 0 unspecified atom stereocenters. The molecule has 1 heterocycles. The second kappa shape index (κ2) is 11.8. The van der Waals surface area contributed by atoms with Gasteiger partial charge < -0.3 is 9.84 Å². The zero-order valence-corrected chi connectivity index (χ0v) is 27.6. The number of allylic oxidation sites excluding steroid dienone is 8. The molecule has 0 radical (unpaired) electrons. The van der Waals surface area contributed by atoms with Crippen molar-refractivity contribution >= 4 is 17.3 Å². The van der Waals surface area contributed by atoms with Gasteiger partial charge in [0.2, 0.25) is 0 Å². The van der Waals surface area contributed by atoms with E-state index in [9.17, 15) is 5.11 Å². The summed E-state index contributed by atoms with van der Waals surface area (Å²) in [4.78, 5) is 45.8. The minimum atomic E-state index is -1.91. The summed E-state index contributed by atoms with van der Waals surface area (Å²) in [6, 6.07) is 8.86. The van der Waals surface area contributed by atoms with Crippen LogP contribution in [0.25, 0.3) is 0 Å². The quantitative estimate of drug-likeness (QED) is 0.169. The number of hydrogen-bond donors (Lipinski definition) is 1. The molecule has 0 amide bonds. The Bertz CT molecular complexity index is 1410. The van der Waals surface area contributed by atoms with Crippen molar-refractivity contribution in [3.63, 3.8) is 0 Å². The second-order valence-electron chi connectivity index (χ2n) is 14.6. The molecule has 1 saturated carbocycles. The van der Waals surface area contributed by atoms with Gasteiger partial charge in [-0.1, -0.05) is 72.2 Å². The molecule has 5 heteroatoms. The van der Waals surface area contributed by atoms with Crippen LogP contribution in [-0.2, 0) is 14.3 Å². The fourth-order valence-corrected chi connectivity index (χ4v) is 7.72. The molecule has 2 bridgehead atoms. The lowest BCUT2D eigenvalue weighted by Gasteiger charge is -2.60. The van der Waals surface area contributed by atoms with Crippen LogP contribution in [0.4, 0.5) is 0 Å². The van der Waals surface area contributed by atoms with Crippen LogP contribution in [0.15, 0.2) is 76.6 Å². The maximum atomic E-state index is 15.4. The molecule has 43 heavy (non-hydrogen) atoms. The molecular weight excluding hydrogens is 536 g/mol. The van der Waals surface area contributed by atoms with Crippen LogP contribution < -0.4 is 0 Å². The minimum Gasteiger partial charge on any atom is -0.490 e. The first-order chi connectivity index (χ1) is 20.0. The van der Waals surface area contributed by atoms with Crippen molar-refractivity contribution in [1.82, 2.24) is 0 Å². The van der Waals surface area contributed by atoms with E-state index in [1.807, 2.05) is 46.8 Å². The highest BCUT2D eigenvalue weighted by Gasteiger charge is 2.78. The van der Waals surface area contributed by atoms with E-state index in [-0.39, 0.29) is 24.5 Å². The third-order valence-electron chi connectivity index (χ3n) is 10.2. The fourth-order valence-electron chi connectivity index (χ4n) is 7.72. The molecule has 4 rings (SSSR count). The summed E-state index contributed by atoms with van der Waals surface area (Å²) < 4.78 is 6.50. The summed E-state index contributed by atoms with van der Waals surface area (Å²) in [6.45, 7) is 17.5. The molecule has 1 N–H and O–H groups in total. The topological polar surface area (TPSA) is 80.7 Å². The van der Waals surface area contributed by atoms with Gasteiger partial charge in [-0.15, -0.1) is 0 Å². The Morgan fingerprint density at radius 2 is 1.56 bits per heavy atom. The number of aliphatic hydroxyl groups is 1. The van der Waals surface area contributed by atoms with E-state index in [1.54, 1.807) is 38.1 Å². The molecule has 232 valence electrons. The summed E-state index contributed by atoms with van der Waals surface area (Å²) in [5.74, 6) is -0.935. The van der Waals surface area contributed by atoms with Crippen molar-refractivity contribution in [3.05, 3.63) is 82.2 Å². The van der Waals surface area contributed by atoms with Gasteiger partial charge in [0.1, 0.15) is 11.9 Å². The maximum Gasteiger partial charge on any atom is 0.184 e. The lowest BCUT2D eigenvalue weighted by molar-refractivity contribution is -0.165. The van der Waals surface area contributed by atoms with Crippen molar-refractivity contribution in [2.75, 3.05) is 0 Å². The molecule has 1 aromatic carbocycles. The Morgan fingerprint density at radius 1 is 0.953 bits per heavy atom. The molecule has 5 nitrogen and oxygen atoms in total. The van der Waals surface area contributed by atoms with Crippen molar-refractivity contribution in [1.29, 1.82) is 0 Å². The number of ketones is 3. The normalized spacial score (nSPS) is 29.9. The van der Waals surface area contributed by atoms with Crippen molar-refractivity contribution in [3.8, 4) is 0 Å². The average molecular weight is 587 g/mol. The van der Waals surface area contributed by atoms with E-state index in [0.717, 1.165) is 16.7 Å². The Hall–Kier alpha value is -3.05. The molecular formula is C38H50O5. The molecule has 2 fully saturated rings. The number of Topliss-reactive ketones (excluding diaryl/α,β-unsaturated/α-hetero) is 3. The first kappa shape index (κ1) is 32.9. The summed E-state index contributed by atoms with van der Waals surface area (Å²) in [5, 5.41) is 11.1. The van der Waals surface area contributed by atoms with Crippen LogP contribution >= 0.6 is 0 Å². The van der Waals surface area contributed by atoms with Gasteiger partial charge >= 0.3 is 0 Å². The summed E-state index contributed by atoms with van der Waals surface area (Å²) >= 11 is 0. The average Bonchev–Trinajstić information content (AvgIpc) is 3.31. The predicted molar refractivity (Wildman–Crippen MR) is 171 cm³/mol. The molecule has 1 spiro atoms. The highest BCUT2D eigenvalue weighted by Crippen LogP contribution is 2.70. The SMILES string of the molecule is CC(C)=CCC[C@]1(C)[C@@H](CC=C(C)C)C[C@]23C[C@H](C(C)(C)O)OC2=C(CC=C(C)C)C(=O)[C@@]1(C(=O)c1ccccc1)C3=O.